The highest BCUT2D eigenvalue weighted by atomic mass is 15.2. The maximum atomic E-state index is 2.51. The fourth-order valence-corrected chi connectivity index (χ4v) is 5.50. The Morgan fingerprint density at radius 2 is 1.31 bits per heavy atom. The predicted molar refractivity (Wildman–Crippen MR) is 133 cm³/mol. The third kappa shape index (κ3) is 2.62. The van der Waals surface area contributed by atoms with Crippen LogP contribution >= 0.6 is 0 Å². The molecule has 1 aliphatic rings. The molecule has 1 aromatic heterocycles. The minimum absolute atomic E-state index is 0.0281. The van der Waals surface area contributed by atoms with E-state index in [0.29, 0.717) is 0 Å². The van der Waals surface area contributed by atoms with Crippen LogP contribution in [0.5, 0.6) is 0 Å². The van der Waals surface area contributed by atoms with Gasteiger partial charge in [0.15, 0.2) is 11.4 Å². The highest BCUT2D eigenvalue weighted by Crippen LogP contribution is 2.55. The number of aryl methyl sites for hydroxylation is 1. The summed E-state index contributed by atoms with van der Waals surface area (Å²) in [6.45, 7) is 14.2. The van der Waals surface area contributed by atoms with Gasteiger partial charge in [-0.05, 0) is 54.8 Å². The molecule has 5 rings (SSSR count). The van der Waals surface area contributed by atoms with Gasteiger partial charge in [0.05, 0.1) is 12.6 Å². The number of benzene rings is 3. The average Bonchev–Trinajstić information content (AvgIpc) is 3.09. The zero-order chi connectivity index (χ0) is 22.8. The lowest BCUT2D eigenvalue weighted by molar-refractivity contribution is -0.648. The van der Waals surface area contributed by atoms with Crippen molar-refractivity contribution >= 4 is 0 Å². The summed E-state index contributed by atoms with van der Waals surface area (Å²) in [5, 5.41) is 0. The highest BCUT2D eigenvalue weighted by molar-refractivity contribution is 5.78. The fourth-order valence-electron chi connectivity index (χ4n) is 5.50. The number of para-hydroxylation sites is 1. The maximum Gasteiger partial charge on any atom is 0.294 e. The molecule has 2 heteroatoms. The molecule has 0 atom stereocenters. The Morgan fingerprint density at radius 1 is 0.719 bits per heavy atom. The molecule has 32 heavy (non-hydrogen) atoms. The van der Waals surface area contributed by atoms with Crippen LogP contribution in [0, 0.1) is 13.8 Å². The minimum Gasteiger partial charge on any atom is -0.225 e. The number of aromatic nitrogens is 2. The summed E-state index contributed by atoms with van der Waals surface area (Å²) in [7, 11) is 2.24. The quantitative estimate of drug-likeness (QED) is 0.314. The summed E-state index contributed by atoms with van der Waals surface area (Å²) >= 11 is 0. The number of nitrogens with zero attached hydrogens (tertiary/aromatic N) is 2. The maximum absolute atomic E-state index is 2.51. The molecule has 0 amide bonds. The van der Waals surface area contributed by atoms with E-state index in [4.69, 9.17) is 0 Å². The molecule has 0 N–H and O–H groups in total. The summed E-state index contributed by atoms with van der Waals surface area (Å²) in [5.41, 5.74) is 10.6. The Labute approximate surface area is 192 Å². The second-order valence-electron chi connectivity index (χ2n) is 10.3. The lowest BCUT2D eigenvalue weighted by Crippen LogP contribution is -2.46. The van der Waals surface area contributed by atoms with Crippen LogP contribution in [0.1, 0.15) is 50.1 Å². The number of rotatable bonds is 2. The molecule has 1 aliphatic carbocycles. The lowest BCUT2D eigenvalue weighted by atomic mass is 9.57. The lowest BCUT2D eigenvalue weighted by Gasteiger charge is -2.45. The first-order valence-corrected chi connectivity index (χ1v) is 11.5. The van der Waals surface area contributed by atoms with Crippen LogP contribution in [0.2, 0.25) is 0 Å². The molecule has 0 saturated heterocycles. The summed E-state index contributed by atoms with van der Waals surface area (Å²) in [6.07, 6.45) is 0. The second kappa shape index (κ2) is 6.93. The molecule has 0 aliphatic heterocycles. The molecule has 3 aromatic carbocycles. The Balaban J connectivity index is 2.03. The molecule has 0 radical (unpaired) electrons. The molecule has 0 saturated carbocycles. The first kappa shape index (κ1) is 20.8. The van der Waals surface area contributed by atoms with Gasteiger partial charge in [-0.25, -0.2) is 4.57 Å². The van der Waals surface area contributed by atoms with E-state index in [1.54, 1.807) is 0 Å². The van der Waals surface area contributed by atoms with E-state index in [9.17, 15) is 0 Å². The van der Waals surface area contributed by atoms with E-state index in [1.807, 2.05) is 0 Å². The van der Waals surface area contributed by atoms with Crippen molar-refractivity contribution in [2.45, 2.75) is 52.4 Å². The number of hydrogen-bond acceptors (Lipinski definition) is 0. The number of hydrogen-bond donors (Lipinski definition) is 0. The van der Waals surface area contributed by atoms with Gasteiger partial charge in [0.2, 0.25) is 0 Å². The normalized spacial score (nSPS) is 15.8. The predicted octanol–water partition coefficient (Wildman–Crippen LogP) is 6.82. The van der Waals surface area contributed by atoms with Gasteiger partial charge < -0.3 is 0 Å². The Morgan fingerprint density at radius 3 is 1.94 bits per heavy atom. The van der Waals surface area contributed by atoms with Crippen LogP contribution in [-0.2, 0) is 17.9 Å². The van der Waals surface area contributed by atoms with Gasteiger partial charge in [0.1, 0.15) is 5.69 Å². The van der Waals surface area contributed by atoms with Crippen molar-refractivity contribution in [3.05, 3.63) is 95.2 Å². The van der Waals surface area contributed by atoms with E-state index < -0.39 is 0 Å². The largest absolute Gasteiger partial charge is 0.294 e. The van der Waals surface area contributed by atoms with Gasteiger partial charge in [-0.2, -0.15) is 4.57 Å². The zero-order valence-corrected chi connectivity index (χ0v) is 20.3. The Hall–Kier alpha value is -3.13. The van der Waals surface area contributed by atoms with Gasteiger partial charge in [-0.3, -0.25) is 0 Å². The Bertz CT molecular complexity index is 1320. The summed E-state index contributed by atoms with van der Waals surface area (Å²) in [5.74, 6) is 1.22. The average molecular weight is 422 g/mol. The van der Waals surface area contributed by atoms with Crippen molar-refractivity contribution in [1.29, 1.82) is 0 Å². The van der Waals surface area contributed by atoms with Gasteiger partial charge in [0.25, 0.3) is 5.82 Å². The monoisotopic (exact) mass is 421 g/mol. The van der Waals surface area contributed by atoms with Crippen molar-refractivity contribution in [2.75, 3.05) is 0 Å². The van der Waals surface area contributed by atoms with E-state index in [2.05, 4.69) is 131 Å². The van der Waals surface area contributed by atoms with Crippen molar-refractivity contribution in [1.82, 2.24) is 4.57 Å². The molecule has 0 bridgehead atoms. The summed E-state index contributed by atoms with van der Waals surface area (Å²) in [4.78, 5) is 0. The third-order valence-corrected chi connectivity index (χ3v) is 8.16. The number of imidazole rings is 1. The molecule has 0 fully saturated rings. The molecular formula is C30H33N2+. The summed E-state index contributed by atoms with van der Waals surface area (Å²) < 4.78 is 4.94. The van der Waals surface area contributed by atoms with Crippen molar-refractivity contribution in [2.24, 2.45) is 7.05 Å². The van der Waals surface area contributed by atoms with Gasteiger partial charge >= 0.3 is 0 Å². The molecule has 4 aromatic rings. The summed E-state index contributed by atoms with van der Waals surface area (Å²) in [6, 6.07) is 26.3. The number of fused-ring (bicyclic) bond motifs is 3. The fraction of sp³-hybridized carbons (Fsp3) is 0.300. The topological polar surface area (TPSA) is 8.81 Å². The van der Waals surface area contributed by atoms with Crippen molar-refractivity contribution < 1.29 is 4.57 Å². The molecule has 0 unspecified atom stereocenters. The van der Waals surface area contributed by atoms with E-state index in [-0.39, 0.29) is 10.8 Å². The first-order valence-electron chi connectivity index (χ1n) is 11.5. The zero-order valence-electron chi connectivity index (χ0n) is 20.3. The SMILES string of the molecule is Cc1ccc2c(c1C)-c1c(n(-c3ccccc3)c(-c3ccccc3)[n+]1C)C(C)(C)C2(C)C. The van der Waals surface area contributed by atoms with Crippen LogP contribution in [0.25, 0.3) is 28.3 Å². The smallest absolute Gasteiger partial charge is 0.225 e. The van der Waals surface area contributed by atoms with Gasteiger partial charge in [-0.15, -0.1) is 0 Å². The van der Waals surface area contributed by atoms with Crippen molar-refractivity contribution in [3.63, 3.8) is 0 Å². The van der Waals surface area contributed by atoms with E-state index >= 15 is 0 Å². The molecule has 2 nitrogen and oxygen atoms in total. The molecule has 1 heterocycles. The Kier molecular flexibility index (Phi) is 4.50. The van der Waals surface area contributed by atoms with Crippen LogP contribution < -0.4 is 4.57 Å². The van der Waals surface area contributed by atoms with Crippen LogP contribution in [-0.4, -0.2) is 4.57 Å². The van der Waals surface area contributed by atoms with Crippen LogP contribution in [0.4, 0.5) is 0 Å². The minimum atomic E-state index is -0.0857. The third-order valence-electron chi connectivity index (χ3n) is 8.16. The van der Waals surface area contributed by atoms with Gasteiger partial charge in [-0.1, -0.05) is 76.2 Å². The van der Waals surface area contributed by atoms with Gasteiger partial charge in [0, 0.05) is 16.4 Å². The second-order valence-corrected chi connectivity index (χ2v) is 10.3. The van der Waals surface area contributed by atoms with E-state index in [0.717, 1.165) is 0 Å². The first-order chi connectivity index (χ1) is 15.2. The van der Waals surface area contributed by atoms with Crippen molar-refractivity contribution in [3.8, 4) is 28.3 Å². The molecule has 0 spiro atoms. The van der Waals surface area contributed by atoms with Crippen LogP contribution in [0.3, 0.4) is 0 Å². The molecular weight excluding hydrogens is 388 g/mol. The standard InChI is InChI=1S/C30H33N2/c1-20-18-19-24-25(21(20)2)26-27(30(5,6)29(24,3)4)32(23-16-12-9-13-17-23)28(31(26)7)22-14-10-8-11-15-22/h8-19H,1-7H3/q+1. The molecule has 162 valence electrons. The van der Waals surface area contributed by atoms with E-state index in [1.165, 1.54) is 50.7 Å². The highest BCUT2D eigenvalue weighted by Gasteiger charge is 2.54. The van der Waals surface area contributed by atoms with Crippen LogP contribution in [0.15, 0.2) is 72.8 Å².